The van der Waals surface area contributed by atoms with Gasteiger partial charge in [-0.05, 0) is 18.8 Å². The molecule has 1 amide bonds. The molecule has 2 aromatic rings. The highest BCUT2D eigenvalue weighted by molar-refractivity contribution is 7.15. The summed E-state index contributed by atoms with van der Waals surface area (Å²) in [6.07, 6.45) is 13.8. The lowest BCUT2D eigenvalue weighted by Crippen LogP contribution is -2.22. The molecule has 0 atom stereocenters. The van der Waals surface area contributed by atoms with Gasteiger partial charge in [-0.3, -0.25) is 9.20 Å². The second-order valence-corrected chi connectivity index (χ2v) is 6.87. The van der Waals surface area contributed by atoms with Crippen LogP contribution in [0.3, 0.4) is 0 Å². The van der Waals surface area contributed by atoms with Crippen LogP contribution < -0.4 is 5.32 Å². The maximum absolute atomic E-state index is 11.9. The number of fused-ring (bicyclic) bond motifs is 1. The fourth-order valence-corrected chi connectivity index (χ4v) is 3.88. The van der Waals surface area contributed by atoms with Crippen LogP contribution in [-0.2, 0) is 11.3 Å². The summed E-state index contributed by atoms with van der Waals surface area (Å²) in [6, 6.07) is 0. The topological polar surface area (TPSA) is 46.4 Å². The lowest BCUT2D eigenvalue weighted by atomic mass is 9.86. The summed E-state index contributed by atoms with van der Waals surface area (Å²) in [6.45, 7) is 0.538. The number of nitrogens with one attached hydrogen (secondary N) is 1. The molecule has 0 bridgehead atoms. The zero-order valence-electron chi connectivity index (χ0n) is 12.4. The Morgan fingerprint density at radius 1 is 1.38 bits per heavy atom. The normalized spacial score (nSPS) is 16.4. The van der Waals surface area contributed by atoms with Crippen LogP contribution in [0.1, 0.15) is 57.1 Å². The van der Waals surface area contributed by atoms with E-state index in [1.165, 1.54) is 38.5 Å². The van der Waals surface area contributed by atoms with Crippen LogP contribution >= 0.6 is 11.3 Å². The molecule has 0 saturated heterocycles. The number of hydrogen-bond acceptors (Lipinski definition) is 3. The largest absolute Gasteiger partial charge is 0.350 e. The van der Waals surface area contributed by atoms with E-state index in [0.29, 0.717) is 13.0 Å². The van der Waals surface area contributed by atoms with Crippen molar-refractivity contribution in [3.63, 3.8) is 0 Å². The number of imidazole rings is 1. The molecule has 2 aromatic heterocycles. The molecule has 21 heavy (non-hydrogen) atoms. The number of hydrogen-bond donors (Lipinski definition) is 1. The molecule has 0 unspecified atom stereocenters. The minimum atomic E-state index is 0.155. The van der Waals surface area contributed by atoms with Gasteiger partial charge in [-0.1, -0.05) is 32.1 Å². The Morgan fingerprint density at radius 3 is 3.05 bits per heavy atom. The molecule has 5 heteroatoms. The zero-order valence-corrected chi connectivity index (χ0v) is 13.2. The van der Waals surface area contributed by atoms with Crippen LogP contribution in [0.25, 0.3) is 4.96 Å². The highest BCUT2D eigenvalue weighted by Gasteiger charge is 2.13. The van der Waals surface area contributed by atoms with Gasteiger partial charge in [0.1, 0.15) is 0 Å². The molecule has 0 aromatic carbocycles. The Bertz CT molecular complexity index is 555. The van der Waals surface area contributed by atoms with E-state index in [2.05, 4.69) is 10.3 Å². The summed E-state index contributed by atoms with van der Waals surface area (Å²) in [5, 5.41) is 4.99. The average Bonchev–Trinajstić information content (AvgIpc) is 3.07. The Hall–Kier alpha value is -1.36. The highest BCUT2D eigenvalue weighted by atomic mass is 32.1. The van der Waals surface area contributed by atoms with E-state index in [-0.39, 0.29) is 5.91 Å². The molecule has 2 heterocycles. The number of aromatic nitrogens is 2. The predicted molar refractivity (Wildman–Crippen MR) is 85.3 cm³/mol. The standard InChI is InChI=1S/C16H23N3OS/c20-15(8-4-7-13-5-2-1-3-6-13)17-11-14-12-19-9-10-21-16(19)18-14/h9-10,12-13H,1-8,11H2,(H,17,20). The summed E-state index contributed by atoms with van der Waals surface area (Å²) >= 11 is 1.61. The third-order valence-corrected chi connectivity index (χ3v) is 5.12. The molecular formula is C16H23N3OS. The van der Waals surface area contributed by atoms with Crippen molar-refractivity contribution in [2.75, 3.05) is 0 Å². The summed E-state index contributed by atoms with van der Waals surface area (Å²) < 4.78 is 2.00. The molecule has 0 radical (unpaired) electrons. The van der Waals surface area contributed by atoms with E-state index in [4.69, 9.17) is 0 Å². The first kappa shape index (κ1) is 14.6. The monoisotopic (exact) mass is 305 g/mol. The van der Waals surface area contributed by atoms with Crippen molar-refractivity contribution >= 4 is 22.2 Å². The first-order valence-electron chi connectivity index (χ1n) is 7.99. The summed E-state index contributed by atoms with van der Waals surface area (Å²) in [4.78, 5) is 17.3. The molecule has 1 N–H and O–H groups in total. The number of nitrogens with zero attached hydrogens (tertiary/aromatic N) is 2. The second-order valence-electron chi connectivity index (χ2n) is 6.00. The fourth-order valence-electron chi connectivity index (χ4n) is 3.17. The third-order valence-electron chi connectivity index (χ3n) is 4.35. The van der Waals surface area contributed by atoms with Crippen LogP contribution in [0.2, 0.25) is 0 Å². The molecule has 1 aliphatic rings. The van der Waals surface area contributed by atoms with Gasteiger partial charge >= 0.3 is 0 Å². The summed E-state index contributed by atoms with van der Waals surface area (Å²) in [5.41, 5.74) is 0.933. The van der Waals surface area contributed by atoms with Gasteiger partial charge in [0, 0.05) is 24.2 Å². The van der Waals surface area contributed by atoms with Gasteiger partial charge in [-0.2, -0.15) is 0 Å². The lowest BCUT2D eigenvalue weighted by molar-refractivity contribution is -0.121. The molecule has 1 fully saturated rings. The third kappa shape index (κ3) is 4.06. The Morgan fingerprint density at radius 2 is 2.24 bits per heavy atom. The minimum Gasteiger partial charge on any atom is -0.350 e. The van der Waals surface area contributed by atoms with Gasteiger partial charge in [-0.25, -0.2) is 4.98 Å². The quantitative estimate of drug-likeness (QED) is 0.883. The molecule has 4 nitrogen and oxygen atoms in total. The maximum atomic E-state index is 11.9. The first-order chi connectivity index (χ1) is 10.3. The molecular weight excluding hydrogens is 282 g/mol. The van der Waals surface area contributed by atoms with Crippen LogP contribution in [0.15, 0.2) is 17.8 Å². The van der Waals surface area contributed by atoms with Gasteiger partial charge in [0.25, 0.3) is 0 Å². The van der Waals surface area contributed by atoms with Gasteiger partial charge in [0.2, 0.25) is 5.91 Å². The highest BCUT2D eigenvalue weighted by Crippen LogP contribution is 2.27. The van der Waals surface area contributed by atoms with Crippen LogP contribution in [0, 0.1) is 5.92 Å². The number of carbonyl (C=O) groups is 1. The number of rotatable bonds is 6. The molecule has 0 aliphatic heterocycles. The van der Waals surface area contributed by atoms with Crippen molar-refractivity contribution in [2.24, 2.45) is 5.92 Å². The fraction of sp³-hybridized carbons (Fsp3) is 0.625. The molecule has 1 aliphatic carbocycles. The minimum absolute atomic E-state index is 0.155. The van der Waals surface area contributed by atoms with E-state index in [9.17, 15) is 4.79 Å². The second kappa shape index (κ2) is 7.07. The smallest absolute Gasteiger partial charge is 0.220 e. The average molecular weight is 305 g/mol. The number of amides is 1. The Balaban J connectivity index is 1.35. The summed E-state index contributed by atoms with van der Waals surface area (Å²) in [7, 11) is 0. The van der Waals surface area contributed by atoms with Gasteiger partial charge in [0.15, 0.2) is 4.96 Å². The van der Waals surface area contributed by atoms with Crippen molar-refractivity contribution in [3.8, 4) is 0 Å². The van der Waals surface area contributed by atoms with Gasteiger partial charge < -0.3 is 5.32 Å². The van der Waals surface area contributed by atoms with Gasteiger partial charge in [0.05, 0.1) is 12.2 Å². The van der Waals surface area contributed by atoms with Crippen molar-refractivity contribution in [3.05, 3.63) is 23.5 Å². The SMILES string of the molecule is O=C(CCCC1CCCCC1)NCc1cn2ccsc2n1. The lowest BCUT2D eigenvalue weighted by Gasteiger charge is -2.21. The van der Waals surface area contributed by atoms with Crippen molar-refractivity contribution in [2.45, 2.75) is 57.9 Å². The number of carbonyl (C=O) groups excluding carboxylic acids is 1. The maximum Gasteiger partial charge on any atom is 0.220 e. The van der Waals surface area contributed by atoms with Crippen molar-refractivity contribution < 1.29 is 4.79 Å². The predicted octanol–water partition coefficient (Wildman–Crippen LogP) is 3.76. The Labute approximate surface area is 129 Å². The zero-order chi connectivity index (χ0) is 14.5. The first-order valence-corrected chi connectivity index (χ1v) is 8.87. The van der Waals surface area contributed by atoms with Crippen LogP contribution in [0.5, 0.6) is 0 Å². The van der Waals surface area contributed by atoms with Crippen LogP contribution in [-0.4, -0.2) is 15.3 Å². The Kier molecular flexibility index (Phi) is 4.91. The summed E-state index contributed by atoms with van der Waals surface area (Å²) in [5.74, 6) is 1.02. The van der Waals surface area contributed by atoms with E-state index < -0.39 is 0 Å². The van der Waals surface area contributed by atoms with Gasteiger partial charge in [-0.15, -0.1) is 11.3 Å². The van der Waals surface area contributed by atoms with E-state index in [1.54, 1.807) is 11.3 Å². The van der Waals surface area contributed by atoms with Crippen molar-refractivity contribution in [1.29, 1.82) is 0 Å². The van der Waals surface area contributed by atoms with Crippen molar-refractivity contribution in [1.82, 2.24) is 14.7 Å². The molecule has 3 rings (SSSR count). The molecule has 0 spiro atoms. The van der Waals surface area contributed by atoms with E-state index in [0.717, 1.165) is 23.0 Å². The van der Waals surface area contributed by atoms with E-state index >= 15 is 0 Å². The molecule has 114 valence electrons. The molecule has 1 saturated carbocycles. The van der Waals surface area contributed by atoms with E-state index in [1.807, 2.05) is 22.2 Å². The number of thiazole rings is 1. The van der Waals surface area contributed by atoms with Crippen LogP contribution in [0.4, 0.5) is 0 Å².